The highest BCUT2D eigenvalue weighted by Crippen LogP contribution is 2.40. The van der Waals surface area contributed by atoms with E-state index in [0.717, 1.165) is 79.9 Å². The minimum Gasteiger partial charge on any atom is -0.494 e. The van der Waals surface area contributed by atoms with Crippen LogP contribution in [0.3, 0.4) is 0 Å². The number of benzene rings is 1. The monoisotopic (exact) mass is 577 g/mol. The van der Waals surface area contributed by atoms with Crippen molar-refractivity contribution in [2.45, 2.75) is 50.9 Å². The van der Waals surface area contributed by atoms with E-state index in [-0.39, 0.29) is 18.0 Å². The number of hydrogen-bond donors (Lipinski definition) is 1. The number of aromatic nitrogens is 5. The fraction of sp³-hybridized carbons (Fsp3) is 0.469. The molecule has 2 aliphatic carbocycles. The average molecular weight is 578 g/mol. The summed E-state index contributed by atoms with van der Waals surface area (Å²) in [7, 11) is 1.66. The second-order valence-electron chi connectivity index (χ2n) is 12.7. The zero-order valence-electron chi connectivity index (χ0n) is 24.3. The maximum atomic E-state index is 13.8. The molecule has 3 aromatic heterocycles. The van der Waals surface area contributed by atoms with Crippen LogP contribution in [0, 0.1) is 29.1 Å². The van der Waals surface area contributed by atoms with E-state index in [1.807, 2.05) is 17.0 Å². The second kappa shape index (κ2) is 10.1. The summed E-state index contributed by atoms with van der Waals surface area (Å²) in [5.41, 5.74) is 10.1. The first kappa shape index (κ1) is 26.2. The van der Waals surface area contributed by atoms with Gasteiger partial charge < -0.3 is 29.4 Å². The third kappa shape index (κ3) is 4.43. The first-order chi connectivity index (χ1) is 21.0. The average Bonchev–Trinajstić information content (AvgIpc) is 3.28. The van der Waals surface area contributed by atoms with Crippen molar-refractivity contribution in [3.63, 3.8) is 0 Å². The van der Waals surface area contributed by atoms with Crippen LogP contribution >= 0.6 is 0 Å². The van der Waals surface area contributed by atoms with Crippen molar-refractivity contribution in [1.29, 1.82) is 5.26 Å². The van der Waals surface area contributed by atoms with Crippen molar-refractivity contribution in [2.75, 3.05) is 31.6 Å². The minimum absolute atomic E-state index is 0.00593. The molecule has 0 radical (unpaired) electrons. The summed E-state index contributed by atoms with van der Waals surface area (Å²) in [6.45, 7) is 4.02. The zero-order chi connectivity index (χ0) is 29.2. The Morgan fingerprint density at radius 2 is 1.95 bits per heavy atom. The van der Waals surface area contributed by atoms with Crippen LogP contribution in [0.1, 0.15) is 41.7 Å². The molecule has 3 atom stereocenters. The molecule has 1 amide bonds. The van der Waals surface area contributed by atoms with Gasteiger partial charge in [-0.3, -0.25) is 9.78 Å². The van der Waals surface area contributed by atoms with Gasteiger partial charge in [0.1, 0.15) is 23.2 Å². The Bertz CT molecular complexity index is 1760. The number of hydrogen-bond acceptors (Lipinski definition) is 8. The third-order valence-corrected chi connectivity index (χ3v) is 9.86. The molecule has 220 valence electrons. The van der Waals surface area contributed by atoms with Gasteiger partial charge in [-0.1, -0.05) is 0 Å². The van der Waals surface area contributed by atoms with E-state index >= 15 is 0 Å². The highest BCUT2D eigenvalue weighted by atomic mass is 16.5. The third-order valence-electron chi connectivity index (χ3n) is 9.86. The lowest BCUT2D eigenvalue weighted by atomic mass is 10.00. The summed E-state index contributed by atoms with van der Waals surface area (Å²) in [6.07, 6.45) is 9.93. The summed E-state index contributed by atoms with van der Waals surface area (Å²) >= 11 is 0. The molecule has 4 aromatic rings. The minimum atomic E-state index is 0.00593. The first-order valence-corrected chi connectivity index (χ1v) is 15.3. The van der Waals surface area contributed by atoms with Crippen molar-refractivity contribution in [3.05, 3.63) is 54.1 Å². The number of carbonyl (C=O) groups excluding carboxylic acids is 1. The lowest BCUT2D eigenvalue weighted by Gasteiger charge is -2.40. The molecule has 11 nitrogen and oxygen atoms in total. The van der Waals surface area contributed by atoms with E-state index < -0.39 is 0 Å². The molecule has 2 aliphatic heterocycles. The van der Waals surface area contributed by atoms with E-state index in [1.165, 1.54) is 19.0 Å². The lowest BCUT2D eigenvalue weighted by molar-refractivity contribution is 0.0700. The molecular weight excluding hydrogens is 542 g/mol. The standard InChI is InChI=1S/C32H35N9O2/c1-43-27-10-22(32(42)40-18-21-6-7-25(40)29(21)34)9-24-30(27)41(31(37-24)26-3-2-8-38(26)14-19-4-5-19)17-20-15-39(16-20)28-13-35-12-23(11-33)36-28/h2-3,8-10,12-13,19-21,25,29H,4-7,14-18,34H2,1H3/t21-,25-,29-/m1/s1. The van der Waals surface area contributed by atoms with Gasteiger partial charge in [-0.05, 0) is 61.8 Å². The normalized spacial score (nSPS) is 23.1. The molecule has 2 saturated heterocycles. The molecule has 43 heavy (non-hydrogen) atoms. The van der Waals surface area contributed by atoms with Crippen molar-refractivity contribution < 1.29 is 9.53 Å². The van der Waals surface area contributed by atoms with Crippen LogP contribution in [-0.2, 0) is 13.1 Å². The van der Waals surface area contributed by atoms with Crippen molar-refractivity contribution in [3.8, 4) is 23.3 Å². The van der Waals surface area contributed by atoms with Crippen molar-refractivity contribution >= 4 is 22.8 Å². The van der Waals surface area contributed by atoms with Gasteiger partial charge in [0.15, 0.2) is 11.5 Å². The zero-order valence-corrected chi connectivity index (χ0v) is 24.3. The predicted octanol–water partition coefficient (Wildman–Crippen LogP) is 3.28. The van der Waals surface area contributed by atoms with Gasteiger partial charge >= 0.3 is 0 Å². The second-order valence-corrected chi connectivity index (χ2v) is 12.7. The molecule has 2 bridgehead atoms. The number of likely N-dealkylation sites (tertiary alicyclic amines) is 1. The van der Waals surface area contributed by atoms with Crippen LogP contribution in [0.25, 0.3) is 22.6 Å². The van der Waals surface area contributed by atoms with E-state index in [4.69, 9.17) is 15.5 Å². The molecule has 8 rings (SSSR count). The van der Waals surface area contributed by atoms with Gasteiger partial charge in [0.25, 0.3) is 5.91 Å². The van der Waals surface area contributed by atoms with Gasteiger partial charge in [-0.25, -0.2) is 9.97 Å². The molecule has 11 heteroatoms. The summed E-state index contributed by atoms with van der Waals surface area (Å²) in [5.74, 6) is 3.71. The van der Waals surface area contributed by atoms with E-state index in [1.54, 1.807) is 13.3 Å². The largest absolute Gasteiger partial charge is 0.494 e. The molecule has 0 unspecified atom stereocenters. The highest BCUT2D eigenvalue weighted by Gasteiger charge is 2.47. The molecule has 0 spiro atoms. The smallest absolute Gasteiger partial charge is 0.254 e. The van der Waals surface area contributed by atoms with Crippen molar-refractivity contribution in [1.82, 2.24) is 29.0 Å². The number of nitrogens with two attached hydrogens (primary N) is 1. The van der Waals surface area contributed by atoms with Crippen molar-refractivity contribution in [2.24, 2.45) is 23.5 Å². The number of nitrogens with zero attached hydrogens (tertiary/aromatic N) is 8. The van der Waals surface area contributed by atoms with Gasteiger partial charge in [0.2, 0.25) is 0 Å². The quantitative estimate of drug-likeness (QED) is 0.338. The van der Waals surface area contributed by atoms with Gasteiger partial charge in [-0.2, -0.15) is 5.26 Å². The molecule has 5 heterocycles. The van der Waals surface area contributed by atoms with E-state index in [0.29, 0.717) is 28.8 Å². The van der Waals surface area contributed by atoms with Gasteiger partial charge in [0, 0.05) is 62.5 Å². The number of nitriles is 1. The van der Waals surface area contributed by atoms with Crippen LogP contribution in [0.2, 0.25) is 0 Å². The highest BCUT2D eigenvalue weighted by molar-refractivity contribution is 6.00. The van der Waals surface area contributed by atoms with Crippen LogP contribution in [0.4, 0.5) is 5.82 Å². The van der Waals surface area contributed by atoms with Crippen LogP contribution in [-0.4, -0.2) is 73.7 Å². The lowest BCUT2D eigenvalue weighted by Crippen LogP contribution is -2.49. The van der Waals surface area contributed by atoms with Crippen LogP contribution in [0.5, 0.6) is 5.75 Å². The Kier molecular flexibility index (Phi) is 6.15. The van der Waals surface area contributed by atoms with E-state index in [9.17, 15) is 10.1 Å². The Morgan fingerprint density at radius 1 is 1.09 bits per heavy atom. The predicted molar refractivity (Wildman–Crippen MR) is 160 cm³/mol. The fourth-order valence-electron chi connectivity index (χ4n) is 7.38. The number of piperidine rings is 1. The maximum Gasteiger partial charge on any atom is 0.254 e. The van der Waals surface area contributed by atoms with Gasteiger partial charge in [-0.15, -0.1) is 0 Å². The Hall–Kier alpha value is -4.43. The molecule has 1 aromatic carbocycles. The Balaban J connectivity index is 1.15. The number of ether oxygens (including phenoxy) is 1. The fourth-order valence-corrected chi connectivity index (χ4v) is 7.38. The van der Waals surface area contributed by atoms with Crippen LogP contribution in [0.15, 0.2) is 42.9 Å². The number of rotatable bonds is 8. The van der Waals surface area contributed by atoms with Gasteiger partial charge in [0.05, 0.1) is 30.7 Å². The number of amides is 1. The number of fused-ring (bicyclic) bond motifs is 3. The summed E-state index contributed by atoms with van der Waals surface area (Å²) in [6, 6.07) is 10.3. The number of carbonyl (C=O) groups is 1. The summed E-state index contributed by atoms with van der Waals surface area (Å²) in [5, 5.41) is 9.24. The summed E-state index contributed by atoms with van der Waals surface area (Å²) < 4.78 is 10.6. The molecule has 4 fully saturated rings. The first-order valence-electron chi connectivity index (χ1n) is 15.3. The molecule has 4 aliphatic rings. The number of methoxy groups -OCH3 is 1. The SMILES string of the molecule is COc1cc(C(=O)N2C[C@H]3CC[C@@H]2[C@@H]3N)cc2nc(-c3cccn3CC3CC3)n(CC3CN(c4cncc(C#N)n4)C3)c12. The molecule has 2 saturated carbocycles. The van der Waals surface area contributed by atoms with Crippen LogP contribution < -0.4 is 15.4 Å². The maximum absolute atomic E-state index is 13.8. The number of anilines is 1. The number of imidazole rings is 1. The topological polar surface area (TPSA) is 131 Å². The molecule has 2 N–H and O–H groups in total. The van der Waals surface area contributed by atoms with E-state index in [2.05, 4.69) is 48.4 Å². The Morgan fingerprint density at radius 3 is 2.67 bits per heavy atom. The molecular formula is C32H35N9O2. The summed E-state index contributed by atoms with van der Waals surface area (Å²) in [4.78, 5) is 31.7. The Labute approximate surface area is 249 Å².